The van der Waals surface area contributed by atoms with Crippen LogP contribution in [0.1, 0.15) is 41.7 Å². The van der Waals surface area contributed by atoms with Crippen molar-refractivity contribution in [3.63, 3.8) is 0 Å². The number of aliphatic hydroxyl groups is 1. The number of aliphatic hydroxyl groups excluding tert-OH is 1. The zero-order valence-corrected chi connectivity index (χ0v) is 20.3. The second-order valence-corrected chi connectivity index (χ2v) is 8.00. The molecule has 0 fully saturated rings. The van der Waals surface area contributed by atoms with Gasteiger partial charge in [-0.2, -0.15) is 18.2 Å². The van der Waals surface area contributed by atoms with E-state index in [1.54, 1.807) is 0 Å². The Labute approximate surface area is 197 Å². The van der Waals surface area contributed by atoms with E-state index in [1.165, 1.54) is 58.9 Å². The number of hydrogen-bond donors (Lipinski definition) is 1. The Kier molecular flexibility index (Phi) is 7.15. The van der Waals surface area contributed by atoms with Gasteiger partial charge in [0.25, 0.3) is 0 Å². The summed E-state index contributed by atoms with van der Waals surface area (Å²) in [5.74, 6) is 0.250. The molecule has 31 heavy (non-hydrogen) atoms. The Morgan fingerprint density at radius 2 is 1.77 bits per heavy atom. The summed E-state index contributed by atoms with van der Waals surface area (Å²) in [7, 11) is 0. The van der Waals surface area contributed by atoms with Crippen LogP contribution in [0.4, 0.5) is 0 Å². The van der Waals surface area contributed by atoms with E-state index < -0.39 is 0 Å². The molecule has 0 bridgehead atoms. The first-order chi connectivity index (χ1) is 14.4. The molecule has 161 valence electrons. The fourth-order valence-corrected chi connectivity index (χ4v) is 4.48. The topological polar surface area (TPSA) is 44.6 Å². The predicted molar refractivity (Wildman–Crippen MR) is 123 cm³/mol. The molecule has 2 N–H and O–H groups in total. The van der Waals surface area contributed by atoms with Crippen LogP contribution in [0, 0.1) is 12.1 Å². The first-order valence-electron chi connectivity index (χ1n) is 10.3. The summed E-state index contributed by atoms with van der Waals surface area (Å²) in [4.78, 5) is 8.40. The maximum atomic E-state index is 8.40. The fourth-order valence-electron chi connectivity index (χ4n) is 4.48. The Morgan fingerprint density at radius 1 is 1.10 bits per heavy atom. The Bertz CT molecular complexity index is 1070. The van der Waals surface area contributed by atoms with Gasteiger partial charge in [-0.3, -0.25) is 4.79 Å². The van der Waals surface area contributed by atoms with E-state index >= 15 is 0 Å². The first kappa shape index (κ1) is 23.0. The Morgan fingerprint density at radius 3 is 2.39 bits per heavy atom. The third kappa shape index (κ3) is 4.81. The van der Waals surface area contributed by atoms with Gasteiger partial charge >= 0.3 is 5.78 Å². The van der Waals surface area contributed by atoms with Gasteiger partial charge in [-0.25, -0.2) is 0 Å². The molecule has 0 spiro atoms. The van der Waals surface area contributed by atoms with Gasteiger partial charge in [-0.1, -0.05) is 29.3 Å². The van der Waals surface area contributed by atoms with E-state index in [0.29, 0.717) is 0 Å². The smallest absolute Gasteiger partial charge is 0.316 e. The van der Waals surface area contributed by atoms with Crippen LogP contribution in [-0.2, 0) is 45.8 Å². The molecule has 2 aliphatic carbocycles. The summed E-state index contributed by atoms with van der Waals surface area (Å²) in [5, 5.41) is 8.40. The van der Waals surface area contributed by atoms with E-state index in [9.17, 15) is 0 Å². The van der Waals surface area contributed by atoms with E-state index in [0.717, 1.165) is 31.7 Å². The van der Waals surface area contributed by atoms with Gasteiger partial charge in [0.1, 0.15) is 0 Å². The quantitative estimate of drug-likeness (QED) is 0.172. The second kappa shape index (κ2) is 9.63. The van der Waals surface area contributed by atoms with E-state index in [2.05, 4.69) is 49.2 Å². The minimum Gasteiger partial charge on any atom is -0.512 e. The van der Waals surface area contributed by atoms with Gasteiger partial charge in [-0.15, -0.1) is 17.7 Å². The molecule has 1 aliphatic heterocycles. The van der Waals surface area contributed by atoms with Crippen molar-refractivity contribution in [2.45, 2.75) is 39.5 Å². The van der Waals surface area contributed by atoms with Crippen LogP contribution in [-0.4, -0.2) is 27.0 Å². The largest absolute Gasteiger partial charge is 0.512 e. The standard InChI is InChI=1S/C22H18N.C5H8O2.Ir/c1-23-12-3-2-7-20(23)19-13-17-10-8-15-5-4-6-16-9-11-18(14-19)22(17)21(15)16;1-4(6)3-5(2)7;/h2-7,12-13H,1,8-11H2;3,6H,1-2H3;/q-1;;/p+1/b;4-3-;. The molecule has 3 aliphatic rings. The molecule has 5 rings (SSSR count). The average molecular weight is 590 g/mol. The van der Waals surface area contributed by atoms with Crippen molar-refractivity contribution >= 4 is 12.5 Å². The van der Waals surface area contributed by atoms with Crippen LogP contribution in [0.25, 0.3) is 11.1 Å². The van der Waals surface area contributed by atoms with Crippen molar-refractivity contribution in [1.82, 2.24) is 0 Å². The van der Waals surface area contributed by atoms with Crippen molar-refractivity contribution in [1.29, 1.82) is 0 Å². The number of allylic oxidation sites excluding steroid dienone is 4. The Hall–Kier alpha value is -2.68. The summed E-state index contributed by atoms with van der Waals surface area (Å²) in [5.41, 5.74) is 10.1. The van der Waals surface area contributed by atoms with E-state index in [1.807, 2.05) is 16.9 Å². The van der Waals surface area contributed by atoms with Crippen LogP contribution in [0.5, 0.6) is 0 Å². The van der Waals surface area contributed by atoms with Crippen LogP contribution < -0.4 is 0 Å². The molecule has 3 nitrogen and oxygen atoms in total. The van der Waals surface area contributed by atoms with Gasteiger partial charge in [0.2, 0.25) is 0 Å². The summed E-state index contributed by atoms with van der Waals surface area (Å²) in [6.07, 6.45) is 14.0. The van der Waals surface area contributed by atoms with E-state index in [-0.39, 0.29) is 31.6 Å². The summed E-state index contributed by atoms with van der Waals surface area (Å²) < 4.78 is 1.94. The molecule has 0 unspecified atom stereocenters. The van der Waals surface area contributed by atoms with Gasteiger partial charge in [0, 0.05) is 26.8 Å². The zero-order chi connectivity index (χ0) is 21.3. The van der Waals surface area contributed by atoms with Crippen LogP contribution in [0.3, 0.4) is 0 Å². The SMILES string of the molecule is C=[N+]1C=CC=C[C-]1c1[c-]c2c3c(c1)CCc1cccc(c1-3)CC2.CC(=[OH+])/C=C(/C)O.[Ir]. The normalized spacial score (nSPS) is 15.5. The van der Waals surface area contributed by atoms with Gasteiger partial charge in [-0.05, 0) is 54.9 Å². The summed E-state index contributed by atoms with van der Waals surface area (Å²) in [6, 6.07) is 14.0. The van der Waals surface area contributed by atoms with Crippen molar-refractivity contribution < 1.29 is 34.6 Å². The predicted octanol–water partition coefficient (Wildman–Crippen LogP) is 5.04. The molecule has 2 aromatic carbocycles. The summed E-state index contributed by atoms with van der Waals surface area (Å²) in [6.45, 7) is 7.11. The third-order valence-electron chi connectivity index (χ3n) is 5.66. The monoisotopic (exact) mass is 590 g/mol. The van der Waals surface area contributed by atoms with Crippen LogP contribution in [0.2, 0.25) is 0 Å². The van der Waals surface area contributed by atoms with Gasteiger partial charge < -0.3 is 9.68 Å². The van der Waals surface area contributed by atoms with Crippen molar-refractivity contribution in [2.24, 2.45) is 0 Å². The van der Waals surface area contributed by atoms with Gasteiger partial charge in [0.15, 0.2) is 0 Å². The molecule has 0 aromatic heterocycles. The molecule has 1 heterocycles. The molecule has 4 heteroatoms. The average Bonchev–Trinajstić information content (AvgIpc) is 2.71. The van der Waals surface area contributed by atoms with Crippen LogP contribution in [0.15, 0.2) is 60.5 Å². The Balaban J connectivity index is 0.000000299. The summed E-state index contributed by atoms with van der Waals surface area (Å²) >= 11 is 0. The number of aryl methyl sites for hydroxylation is 4. The number of benzene rings is 2. The minimum atomic E-state index is 0. The van der Waals surface area contributed by atoms with Crippen molar-refractivity contribution in [3.8, 4) is 11.1 Å². The number of nitrogens with zero attached hydrogens (tertiary/aromatic N) is 1. The number of carbonyl (C=O) groups excluding carboxylic acids is 1. The number of ketones is 1. The third-order valence-corrected chi connectivity index (χ3v) is 5.66. The number of hydrogen-bond acceptors (Lipinski definition) is 1. The molecule has 0 saturated carbocycles. The first-order valence-corrected chi connectivity index (χ1v) is 10.3. The zero-order valence-electron chi connectivity index (χ0n) is 17.9. The molecule has 0 saturated heterocycles. The molecule has 0 amide bonds. The molecule has 1 radical (unpaired) electrons. The molecular weight excluding hydrogens is 563 g/mol. The van der Waals surface area contributed by atoms with E-state index in [4.69, 9.17) is 9.90 Å². The maximum Gasteiger partial charge on any atom is 0.316 e. The maximum absolute atomic E-state index is 8.40. The minimum absolute atomic E-state index is 0. The molecule has 2 aromatic rings. The van der Waals surface area contributed by atoms with Crippen molar-refractivity contribution in [3.05, 3.63) is 100 Å². The van der Waals surface area contributed by atoms with Crippen LogP contribution >= 0.6 is 0 Å². The van der Waals surface area contributed by atoms with Crippen molar-refractivity contribution in [2.75, 3.05) is 0 Å². The fraction of sp³-hybridized carbons (Fsp3) is 0.222. The van der Waals surface area contributed by atoms with Gasteiger partial charge in [0.05, 0.1) is 31.0 Å². The number of rotatable bonds is 2. The molecular formula is C27H27IrNO2. The molecule has 0 atom stereocenters. The second-order valence-electron chi connectivity index (χ2n) is 8.00.